The predicted octanol–water partition coefficient (Wildman–Crippen LogP) is 1.05. The molecule has 0 aliphatic heterocycles. The first-order chi connectivity index (χ1) is 7.50. The second kappa shape index (κ2) is 5.72. The van der Waals surface area contributed by atoms with Crippen molar-refractivity contribution in [3.05, 3.63) is 0 Å². The highest BCUT2D eigenvalue weighted by Gasteiger charge is 2.38. The standard InChI is InChI=1S/C11H20N2O3/c1-7(2)9-5-8(9)6-13-11(16)12-4-3-10(14)15/h7-9H,3-6H2,1-2H3,(H,14,15)(H2,12,13,16)/t8-,9-/m0/s1. The average Bonchev–Trinajstić information content (AvgIpc) is 2.93. The summed E-state index contributed by atoms with van der Waals surface area (Å²) in [5.41, 5.74) is 0. The fourth-order valence-corrected chi connectivity index (χ4v) is 1.89. The van der Waals surface area contributed by atoms with Gasteiger partial charge < -0.3 is 15.7 Å². The molecule has 1 aliphatic carbocycles. The van der Waals surface area contributed by atoms with Crippen molar-refractivity contribution in [2.75, 3.05) is 13.1 Å². The number of rotatable bonds is 6. The monoisotopic (exact) mass is 228 g/mol. The van der Waals surface area contributed by atoms with E-state index in [9.17, 15) is 9.59 Å². The zero-order chi connectivity index (χ0) is 12.1. The van der Waals surface area contributed by atoms with Gasteiger partial charge in [-0.25, -0.2) is 4.79 Å². The van der Waals surface area contributed by atoms with Gasteiger partial charge in [-0.2, -0.15) is 0 Å². The first-order valence-corrected chi connectivity index (χ1v) is 5.74. The summed E-state index contributed by atoms with van der Waals surface area (Å²) in [5, 5.41) is 13.6. The maximum Gasteiger partial charge on any atom is 0.314 e. The number of nitrogens with one attached hydrogen (secondary N) is 2. The smallest absolute Gasteiger partial charge is 0.314 e. The van der Waals surface area contributed by atoms with Crippen LogP contribution < -0.4 is 10.6 Å². The molecule has 92 valence electrons. The Bertz CT molecular complexity index is 266. The van der Waals surface area contributed by atoms with Gasteiger partial charge in [0.1, 0.15) is 0 Å². The highest BCUT2D eigenvalue weighted by Crippen LogP contribution is 2.43. The van der Waals surface area contributed by atoms with E-state index < -0.39 is 5.97 Å². The Morgan fingerprint density at radius 3 is 2.56 bits per heavy atom. The van der Waals surface area contributed by atoms with Crippen LogP contribution in [0.5, 0.6) is 0 Å². The molecular formula is C11H20N2O3. The van der Waals surface area contributed by atoms with E-state index in [2.05, 4.69) is 24.5 Å². The van der Waals surface area contributed by atoms with E-state index in [4.69, 9.17) is 5.11 Å². The van der Waals surface area contributed by atoms with Gasteiger partial charge in [-0.1, -0.05) is 13.8 Å². The Hall–Kier alpha value is -1.26. The summed E-state index contributed by atoms with van der Waals surface area (Å²) in [4.78, 5) is 21.4. The Balaban J connectivity index is 2.01. The second-order valence-electron chi connectivity index (χ2n) is 4.68. The third kappa shape index (κ3) is 4.51. The molecule has 0 saturated heterocycles. The molecule has 5 heteroatoms. The molecule has 1 saturated carbocycles. The number of carboxylic acid groups (broad SMARTS) is 1. The molecule has 3 N–H and O–H groups in total. The molecule has 1 aliphatic rings. The SMILES string of the molecule is CC(C)[C@@H]1C[C@H]1CNC(=O)NCCC(=O)O. The normalized spacial score (nSPS) is 22.9. The maximum atomic E-state index is 11.2. The zero-order valence-electron chi connectivity index (χ0n) is 9.82. The van der Waals surface area contributed by atoms with Gasteiger partial charge in [-0.3, -0.25) is 4.79 Å². The van der Waals surface area contributed by atoms with Gasteiger partial charge in [0.25, 0.3) is 0 Å². The molecule has 0 spiro atoms. The molecule has 0 aromatic heterocycles. The molecule has 0 aromatic carbocycles. The van der Waals surface area contributed by atoms with Crippen molar-refractivity contribution in [3.63, 3.8) is 0 Å². The van der Waals surface area contributed by atoms with Crippen molar-refractivity contribution < 1.29 is 14.7 Å². The van der Waals surface area contributed by atoms with E-state index in [-0.39, 0.29) is 19.0 Å². The molecular weight excluding hydrogens is 208 g/mol. The largest absolute Gasteiger partial charge is 0.481 e. The van der Waals surface area contributed by atoms with Gasteiger partial charge in [0.05, 0.1) is 6.42 Å². The molecule has 0 radical (unpaired) electrons. The number of urea groups is 1. The van der Waals surface area contributed by atoms with Crippen LogP contribution in [0, 0.1) is 17.8 Å². The van der Waals surface area contributed by atoms with E-state index in [0.29, 0.717) is 18.4 Å². The molecule has 0 heterocycles. The quantitative estimate of drug-likeness (QED) is 0.636. The number of hydrogen-bond donors (Lipinski definition) is 3. The van der Waals surface area contributed by atoms with E-state index >= 15 is 0 Å². The predicted molar refractivity (Wildman–Crippen MR) is 60.1 cm³/mol. The lowest BCUT2D eigenvalue weighted by atomic mass is 10.1. The van der Waals surface area contributed by atoms with Crippen molar-refractivity contribution in [1.29, 1.82) is 0 Å². The Kier molecular flexibility index (Phi) is 4.58. The van der Waals surface area contributed by atoms with Crippen molar-refractivity contribution in [2.24, 2.45) is 17.8 Å². The van der Waals surface area contributed by atoms with Crippen LogP contribution in [0.15, 0.2) is 0 Å². The molecule has 0 bridgehead atoms. The molecule has 2 amide bonds. The van der Waals surface area contributed by atoms with Crippen LogP contribution in [0.3, 0.4) is 0 Å². The fraction of sp³-hybridized carbons (Fsp3) is 0.818. The van der Waals surface area contributed by atoms with Crippen molar-refractivity contribution in [3.8, 4) is 0 Å². The Labute approximate surface area is 95.6 Å². The molecule has 1 rings (SSSR count). The second-order valence-corrected chi connectivity index (χ2v) is 4.68. The van der Waals surface area contributed by atoms with Gasteiger partial charge in [0.15, 0.2) is 0 Å². The van der Waals surface area contributed by atoms with Gasteiger partial charge in [-0.05, 0) is 24.2 Å². The van der Waals surface area contributed by atoms with E-state index in [1.54, 1.807) is 0 Å². The third-order valence-corrected chi connectivity index (χ3v) is 2.98. The minimum absolute atomic E-state index is 0.0362. The molecule has 2 atom stereocenters. The number of carboxylic acids is 1. The van der Waals surface area contributed by atoms with E-state index in [1.165, 1.54) is 6.42 Å². The van der Waals surface area contributed by atoms with Crippen molar-refractivity contribution in [2.45, 2.75) is 26.7 Å². The lowest BCUT2D eigenvalue weighted by molar-refractivity contribution is -0.136. The summed E-state index contributed by atoms with van der Waals surface area (Å²) in [6.45, 7) is 5.26. The van der Waals surface area contributed by atoms with Crippen LogP contribution in [0.25, 0.3) is 0 Å². The van der Waals surface area contributed by atoms with Crippen LogP contribution in [-0.2, 0) is 4.79 Å². The summed E-state index contributed by atoms with van der Waals surface area (Å²) >= 11 is 0. The highest BCUT2D eigenvalue weighted by atomic mass is 16.4. The molecule has 0 unspecified atom stereocenters. The molecule has 0 aromatic rings. The lowest BCUT2D eigenvalue weighted by Crippen LogP contribution is -2.37. The summed E-state index contributed by atoms with van der Waals surface area (Å²) in [5.74, 6) is 1.12. The van der Waals surface area contributed by atoms with Gasteiger partial charge in [-0.15, -0.1) is 0 Å². The van der Waals surface area contributed by atoms with Crippen LogP contribution in [-0.4, -0.2) is 30.2 Å². The summed E-state index contributed by atoms with van der Waals surface area (Å²) in [7, 11) is 0. The van der Waals surface area contributed by atoms with Crippen molar-refractivity contribution in [1.82, 2.24) is 10.6 Å². The molecule has 1 fully saturated rings. The summed E-state index contributed by atoms with van der Waals surface area (Å²) < 4.78 is 0. The number of hydrogen-bond acceptors (Lipinski definition) is 2. The highest BCUT2D eigenvalue weighted by molar-refractivity contribution is 5.74. The van der Waals surface area contributed by atoms with E-state index in [1.807, 2.05) is 0 Å². The van der Waals surface area contributed by atoms with Crippen LogP contribution in [0.2, 0.25) is 0 Å². The first-order valence-electron chi connectivity index (χ1n) is 5.74. The lowest BCUT2D eigenvalue weighted by Gasteiger charge is -2.07. The molecule has 5 nitrogen and oxygen atoms in total. The maximum absolute atomic E-state index is 11.2. The Morgan fingerprint density at radius 2 is 2.06 bits per heavy atom. The fourth-order valence-electron chi connectivity index (χ4n) is 1.89. The molecule has 16 heavy (non-hydrogen) atoms. The minimum atomic E-state index is -0.901. The topological polar surface area (TPSA) is 78.4 Å². The van der Waals surface area contributed by atoms with Crippen molar-refractivity contribution >= 4 is 12.0 Å². The number of aliphatic carboxylic acids is 1. The van der Waals surface area contributed by atoms with Crippen LogP contribution in [0.4, 0.5) is 4.79 Å². The Morgan fingerprint density at radius 1 is 1.38 bits per heavy atom. The minimum Gasteiger partial charge on any atom is -0.481 e. The number of carbonyl (C=O) groups excluding carboxylic acids is 1. The third-order valence-electron chi connectivity index (χ3n) is 2.98. The number of carbonyl (C=O) groups is 2. The van der Waals surface area contributed by atoms with E-state index in [0.717, 1.165) is 5.92 Å². The van der Waals surface area contributed by atoms with Crippen LogP contribution >= 0.6 is 0 Å². The summed E-state index contributed by atoms with van der Waals surface area (Å²) in [6.07, 6.45) is 1.15. The van der Waals surface area contributed by atoms with Gasteiger partial charge >= 0.3 is 12.0 Å². The van der Waals surface area contributed by atoms with Gasteiger partial charge in [0, 0.05) is 13.1 Å². The van der Waals surface area contributed by atoms with Crippen LogP contribution in [0.1, 0.15) is 26.7 Å². The van der Waals surface area contributed by atoms with Gasteiger partial charge in [0.2, 0.25) is 0 Å². The average molecular weight is 228 g/mol. The summed E-state index contributed by atoms with van der Waals surface area (Å²) in [6, 6.07) is -0.268. The first kappa shape index (κ1) is 12.8. The zero-order valence-corrected chi connectivity index (χ0v) is 9.82. The number of amides is 2.